The van der Waals surface area contributed by atoms with E-state index < -0.39 is 10.0 Å². The first kappa shape index (κ1) is 20.6. The Balaban J connectivity index is 1.74. The Labute approximate surface area is 168 Å². The number of hydrogen-bond donors (Lipinski definition) is 1. The van der Waals surface area contributed by atoms with Crippen LogP contribution in [0, 0.1) is 0 Å². The number of tetrazole rings is 1. The average molecular weight is 419 g/mol. The number of hydrogen-bond acceptors (Lipinski definition) is 8. The number of nitrogens with one attached hydrogen (secondary N) is 1. The van der Waals surface area contributed by atoms with E-state index in [1.165, 1.54) is 30.3 Å². The monoisotopic (exact) mass is 419 g/mol. The lowest BCUT2D eigenvalue weighted by Crippen LogP contribution is -2.26. The molecule has 0 aliphatic carbocycles. The molecule has 11 heteroatoms. The zero-order chi connectivity index (χ0) is 20.9. The molecule has 1 aromatic heterocycles. The molecule has 2 aromatic carbocycles. The molecule has 0 unspecified atom stereocenters. The number of benzene rings is 2. The summed E-state index contributed by atoms with van der Waals surface area (Å²) in [5.74, 6) is 1.65. The van der Waals surface area contributed by atoms with Gasteiger partial charge in [0.1, 0.15) is 17.8 Å². The minimum atomic E-state index is -3.74. The van der Waals surface area contributed by atoms with Gasteiger partial charge in [-0.3, -0.25) is 0 Å². The summed E-state index contributed by atoms with van der Waals surface area (Å²) in [5.41, 5.74) is 1.33. The number of aromatic nitrogens is 4. The Morgan fingerprint density at radius 3 is 2.34 bits per heavy atom. The Morgan fingerprint density at radius 2 is 1.69 bits per heavy atom. The van der Waals surface area contributed by atoms with Crippen molar-refractivity contribution in [1.29, 1.82) is 0 Å². The van der Waals surface area contributed by atoms with Crippen LogP contribution in [0.25, 0.3) is 5.69 Å². The molecule has 0 aliphatic rings. The van der Waals surface area contributed by atoms with Crippen LogP contribution in [-0.2, 0) is 16.4 Å². The predicted molar refractivity (Wildman–Crippen MR) is 104 cm³/mol. The molecular weight excluding hydrogens is 398 g/mol. The van der Waals surface area contributed by atoms with Gasteiger partial charge in [0.2, 0.25) is 10.0 Å². The van der Waals surface area contributed by atoms with Crippen molar-refractivity contribution in [3.8, 4) is 22.9 Å². The van der Waals surface area contributed by atoms with E-state index in [4.69, 9.17) is 14.2 Å². The fourth-order valence-corrected chi connectivity index (χ4v) is 3.79. The van der Waals surface area contributed by atoms with Crippen LogP contribution in [0.1, 0.15) is 5.56 Å². The van der Waals surface area contributed by atoms with E-state index in [0.717, 1.165) is 5.56 Å². The van der Waals surface area contributed by atoms with Gasteiger partial charge in [0, 0.05) is 6.54 Å². The molecule has 0 saturated carbocycles. The predicted octanol–water partition coefficient (Wildman–Crippen LogP) is 1.21. The van der Waals surface area contributed by atoms with Crippen LogP contribution in [-0.4, -0.2) is 56.5 Å². The van der Waals surface area contributed by atoms with Gasteiger partial charge in [0.15, 0.2) is 11.5 Å². The standard InChI is InChI=1S/C18H21N5O5S/c1-26-16-7-5-14(11-15(16)23-12-19-21-22-23)29(24,25)20-9-8-13-4-6-17(27-2)18(10-13)28-3/h4-7,10-12,20H,8-9H2,1-3H3. The van der Waals surface area contributed by atoms with Crippen LogP contribution in [0.15, 0.2) is 47.6 Å². The summed E-state index contributed by atoms with van der Waals surface area (Å²) in [7, 11) is 0.855. The maximum absolute atomic E-state index is 12.7. The highest BCUT2D eigenvalue weighted by atomic mass is 32.2. The lowest BCUT2D eigenvalue weighted by molar-refractivity contribution is 0.354. The van der Waals surface area contributed by atoms with Gasteiger partial charge in [-0.1, -0.05) is 6.07 Å². The fourth-order valence-electron chi connectivity index (χ4n) is 2.74. The molecular formula is C18H21N5O5S. The molecule has 29 heavy (non-hydrogen) atoms. The van der Waals surface area contributed by atoms with Gasteiger partial charge in [0.25, 0.3) is 0 Å². The van der Waals surface area contributed by atoms with Gasteiger partial charge in [-0.25, -0.2) is 13.1 Å². The normalized spacial score (nSPS) is 11.3. The van der Waals surface area contributed by atoms with E-state index in [1.54, 1.807) is 26.4 Å². The quantitative estimate of drug-likeness (QED) is 0.550. The molecule has 0 amide bonds. The molecule has 3 aromatic rings. The SMILES string of the molecule is COc1ccc(CCNS(=O)(=O)c2ccc(OC)c(-n3cnnn3)c2)cc1OC. The van der Waals surface area contributed by atoms with Crippen molar-refractivity contribution in [2.45, 2.75) is 11.3 Å². The Kier molecular flexibility index (Phi) is 6.29. The van der Waals surface area contributed by atoms with Gasteiger partial charge in [-0.15, -0.1) is 5.10 Å². The molecule has 0 atom stereocenters. The maximum Gasteiger partial charge on any atom is 0.240 e. The van der Waals surface area contributed by atoms with Crippen molar-refractivity contribution < 1.29 is 22.6 Å². The van der Waals surface area contributed by atoms with Crippen LogP contribution in [0.5, 0.6) is 17.2 Å². The first-order chi connectivity index (χ1) is 14.0. The summed E-state index contributed by atoms with van der Waals surface area (Å²) >= 11 is 0. The summed E-state index contributed by atoms with van der Waals surface area (Å²) in [5, 5.41) is 10.9. The topological polar surface area (TPSA) is 117 Å². The maximum atomic E-state index is 12.7. The first-order valence-electron chi connectivity index (χ1n) is 8.60. The molecule has 0 saturated heterocycles. The van der Waals surface area contributed by atoms with Crippen LogP contribution in [0.2, 0.25) is 0 Å². The van der Waals surface area contributed by atoms with E-state index in [2.05, 4.69) is 20.2 Å². The summed E-state index contributed by atoms with van der Waals surface area (Å²) in [6, 6.07) is 9.93. The highest BCUT2D eigenvalue weighted by molar-refractivity contribution is 7.89. The van der Waals surface area contributed by atoms with Crippen molar-refractivity contribution >= 4 is 10.0 Å². The van der Waals surface area contributed by atoms with Crippen molar-refractivity contribution in [2.75, 3.05) is 27.9 Å². The number of nitrogens with zero attached hydrogens (tertiary/aromatic N) is 4. The van der Waals surface area contributed by atoms with Crippen LogP contribution < -0.4 is 18.9 Å². The number of methoxy groups -OCH3 is 3. The van der Waals surface area contributed by atoms with Crippen molar-refractivity contribution in [3.05, 3.63) is 48.3 Å². The zero-order valence-corrected chi connectivity index (χ0v) is 17.0. The van der Waals surface area contributed by atoms with Crippen LogP contribution in [0.3, 0.4) is 0 Å². The Hall–Kier alpha value is -3.18. The molecule has 3 rings (SSSR count). The smallest absolute Gasteiger partial charge is 0.240 e. The Bertz CT molecular complexity index is 1070. The summed E-state index contributed by atoms with van der Waals surface area (Å²) in [6.07, 6.45) is 1.84. The lowest BCUT2D eigenvalue weighted by Gasteiger charge is -2.12. The van der Waals surface area contributed by atoms with Crippen molar-refractivity contribution in [2.24, 2.45) is 0 Å². The summed E-state index contributed by atoms with van der Waals surface area (Å²) in [6.45, 7) is 0.212. The third kappa shape index (κ3) is 4.63. The molecule has 0 fully saturated rings. The van der Waals surface area contributed by atoms with Gasteiger partial charge >= 0.3 is 0 Å². The number of sulfonamides is 1. The number of rotatable bonds is 9. The molecule has 0 aliphatic heterocycles. The van der Waals surface area contributed by atoms with Gasteiger partial charge < -0.3 is 14.2 Å². The molecule has 154 valence electrons. The molecule has 0 radical (unpaired) electrons. The second-order valence-corrected chi connectivity index (χ2v) is 7.69. The van der Waals surface area contributed by atoms with Gasteiger partial charge in [-0.2, -0.15) is 4.68 Å². The second kappa shape index (κ2) is 8.88. The van der Waals surface area contributed by atoms with Gasteiger partial charge in [0.05, 0.1) is 26.2 Å². The van der Waals surface area contributed by atoms with E-state index >= 15 is 0 Å². The molecule has 0 spiro atoms. The second-order valence-electron chi connectivity index (χ2n) is 5.93. The summed E-state index contributed by atoms with van der Waals surface area (Å²) < 4.78 is 45.1. The highest BCUT2D eigenvalue weighted by Gasteiger charge is 2.18. The van der Waals surface area contributed by atoms with E-state index in [-0.39, 0.29) is 11.4 Å². The molecule has 10 nitrogen and oxygen atoms in total. The van der Waals surface area contributed by atoms with E-state index in [1.807, 2.05) is 12.1 Å². The highest BCUT2D eigenvalue weighted by Crippen LogP contribution is 2.28. The van der Waals surface area contributed by atoms with Gasteiger partial charge in [-0.05, 0) is 52.7 Å². The zero-order valence-electron chi connectivity index (χ0n) is 16.2. The van der Waals surface area contributed by atoms with Crippen molar-refractivity contribution in [3.63, 3.8) is 0 Å². The minimum Gasteiger partial charge on any atom is -0.494 e. The largest absolute Gasteiger partial charge is 0.494 e. The van der Waals surface area contributed by atoms with E-state index in [9.17, 15) is 8.42 Å². The third-order valence-electron chi connectivity index (χ3n) is 4.21. The Morgan fingerprint density at radius 1 is 0.966 bits per heavy atom. The van der Waals surface area contributed by atoms with Crippen LogP contribution in [0.4, 0.5) is 0 Å². The van der Waals surface area contributed by atoms with Crippen molar-refractivity contribution in [1.82, 2.24) is 24.9 Å². The average Bonchev–Trinajstić information content (AvgIpc) is 3.27. The first-order valence-corrected chi connectivity index (χ1v) is 10.1. The minimum absolute atomic E-state index is 0.0797. The fraction of sp³-hybridized carbons (Fsp3) is 0.278. The van der Waals surface area contributed by atoms with E-state index in [0.29, 0.717) is 29.4 Å². The van der Waals surface area contributed by atoms with Crippen LogP contribution >= 0.6 is 0 Å². The third-order valence-corrected chi connectivity index (χ3v) is 5.67. The molecule has 1 N–H and O–H groups in total. The molecule has 1 heterocycles. The number of ether oxygens (including phenoxy) is 3. The summed E-state index contributed by atoms with van der Waals surface area (Å²) in [4.78, 5) is 0.0797. The molecule has 0 bridgehead atoms. The lowest BCUT2D eigenvalue weighted by atomic mass is 10.1.